The first-order valence-corrected chi connectivity index (χ1v) is 3.16. The minimum absolute atomic E-state index is 0.163. The van der Waals surface area contributed by atoms with E-state index in [1.165, 1.54) is 0 Å². The van der Waals surface area contributed by atoms with Gasteiger partial charge in [-0.1, -0.05) is 0 Å². The average Bonchev–Trinajstić information content (AvgIpc) is 1.79. The van der Waals surface area contributed by atoms with E-state index >= 15 is 0 Å². The zero-order valence-corrected chi connectivity index (χ0v) is 5.50. The lowest BCUT2D eigenvalue weighted by Gasteiger charge is -2.31. The minimum Gasteiger partial charge on any atom is -0.392 e. The van der Waals surface area contributed by atoms with E-state index in [2.05, 4.69) is 0 Å². The third-order valence-corrected chi connectivity index (χ3v) is 1.43. The molecule has 1 amide bonds. The smallest absolute Gasteiger partial charge is 0.224 e. The van der Waals surface area contributed by atoms with Gasteiger partial charge in [-0.3, -0.25) is 4.79 Å². The highest BCUT2D eigenvalue weighted by Gasteiger charge is 2.23. The largest absolute Gasteiger partial charge is 0.392 e. The van der Waals surface area contributed by atoms with E-state index in [0.717, 1.165) is 6.54 Å². The lowest BCUT2D eigenvalue weighted by molar-refractivity contribution is -0.141. The van der Waals surface area contributed by atoms with Crippen molar-refractivity contribution in [2.75, 3.05) is 13.1 Å². The Morgan fingerprint density at radius 3 is 2.67 bits per heavy atom. The Morgan fingerprint density at radius 1 is 1.89 bits per heavy atom. The number of β-amino-alcohol motifs (C(OH)–C–C–N with tert-alkyl or cyclic N) is 1. The van der Waals surface area contributed by atoms with Gasteiger partial charge >= 0.3 is 0 Å². The summed E-state index contributed by atoms with van der Waals surface area (Å²) < 4.78 is 0. The number of amides is 1. The molecule has 1 heterocycles. The second-order valence-corrected chi connectivity index (χ2v) is 2.44. The maximum atomic E-state index is 10.6. The Balaban J connectivity index is 2.21. The second kappa shape index (κ2) is 2.35. The van der Waals surface area contributed by atoms with Gasteiger partial charge in [0.05, 0.1) is 6.10 Å². The summed E-state index contributed by atoms with van der Waals surface area (Å²) in [5, 5.41) is 8.81. The summed E-state index contributed by atoms with van der Waals surface area (Å²) in [6.45, 7) is 3.01. The molecule has 0 aromatic rings. The lowest BCUT2D eigenvalue weighted by atomic mass is 10.2. The van der Waals surface area contributed by atoms with Crippen molar-refractivity contribution in [2.24, 2.45) is 0 Å². The van der Waals surface area contributed by atoms with E-state index in [1.54, 1.807) is 11.8 Å². The first-order chi connectivity index (χ1) is 4.20. The Labute approximate surface area is 54.3 Å². The zero-order valence-electron chi connectivity index (χ0n) is 5.50. The van der Waals surface area contributed by atoms with Gasteiger partial charge in [-0.2, -0.15) is 0 Å². The van der Waals surface area contributed by atoms with Crippen LogP contribution >= 0.6 is 0 Å². The number of hydrogen-bond acceptors (Lipinski definition) is 2. The summed E-state index contributed by atoms with van der Waals surface area (Å²) in [5.74, 6) is 0.163. The monoisotopic (exact) mass is 129 g/mol. The van der Waals surface area contributed by atoms with Gasteiger partial charge in [0.1, 0.15) is 0 Å². The highest BCUT2D eigenvalue weighted by molar-refractivity contribution is 5.81. The van der Waals surface area contributed by atoms with Gasteiger partial charge in [-0.05, 0) is 6.92 Å². The number of hydrogen-bond donors (Lipinski definition) is 1. The third kappa shape index (κ3) is 1.42. The van der Waals surface area contributed by atoms with Crippen LogP contribution in [0.1, 0.15) is 13.3 Å². The first-order valence-electron chi connectivity index (χ1n) is 3.16. The molecule has 0 aromatic carbocycles. The van der Waals surface area contributed by atoms with Crippen LogP contribution in [0.15, 0.2) is 0 Å². The molecule has 1 aliphatic rings. The summed E-state index contributed by atoms with van der Waals surface area (Å²) in [6, 6.07) is 0. The number of aliphatic hydroxyl groups excluding tert-OH is 1. The molecule has 0 saturated carbocycles. The van der Waals surface area contributed by atoms with Crippen LogP contribution in [0.3, 0.4) is 0 Å². The maximum absolute atomic E-state index is 10.6. The Hall–Kier alpha value is -0.570. The van der Waals surface area contributed by atoms with E-state index in [4.69, 9.17) is 5.11 Å². The molecule has 1 rings (SSSR count). The predicted octanol–water partition coefficient (Wildman–Crippen LogP) is -0.401. The molecule has 0 aromatic heterocycles. The second-order valence-electron chi connectivity index (χ2n) is 2.44. The number of carbonyl (C=O) groups is 1. The topological polar surface area (TPSA) is 40.5 Å². The molecule has 0 aliphatic carbocycles. The van der Waals surface area contributed by atoms with Gasteiger partial charge in [0.15, 0.2) is 0 Å². The van der Waals surface area contributed by atoms with Crippen LogP contribution in [0.5, 0.6) is 0 Å². The van der Waals surface area contributed by atoms with E-state index in [0.29, 0.717) is 13.0 Å². The predicted molar refractivity (Wildman–Crippen MR) is 32.9 cm³/mol. The van der Waals surface area contributed by atoms with Gasteiger partial charge in [-0.15, -0.1) is 0 Å². The number of likely N-dealkylation sites (tertiary alicyclic amines) is 1. The van der Waals surface area contributed by atoms with Crippen molar-refractivity contribution >= 4 is 5.91 Å². The molecule has 3 heteroatoms. The Morgan fingerprint density at radius 2 is 2.56 bits per heavy atom. The van der Waals surface area contributed by atoms with Gasteiger partial charge < -0.3 is 10.0 Å². The van der Waals surface area contributed by atoms with Crippen molar-refractivity contribution in [3.05, 3.63) is 0 Å². The summed E-state index contributed by atoms with van der Waals surface area (Å²) in [6.07, 6.45) is 0.279. The highest BCUT2D eigenvalue weighted by Crippen LogP contribution is 2.07. The SMILES string of the molecule is CC(O)CN1CCC1=O. The Bertz CT molecular complexity index is 122. The normalized spacial score (nSPS) is 21.6. The molecule has 1 atom stereocenters. The fourth-order valence-electron chi connectivity index (χ4n) is 0.873. The first kappa shape index (κ1) is 6.55. The average molecular weight is 129 g/mol. The van der Waals surface area contributed by atoms with Gasteiger partial charge in [0.25, 0.3) is 0 Å². The molecule has 9 heavy (non-hydrogen) atoms. The maximum Gasteiger partial charge on any atom is 0.224 e. The van der Waals surface area contributed by atoms with Crippen LogP contribution in [0, 0.1) is 0 Å². The fraction of sp³-hybridized carbons (Fsp3) is 0.833. The van der Waals surface area contributed by atoms with Crippen LogP contribution < -0.4 is 0 Å². The van der Waals surface area contributed by atoms with Crippen LogP contribution in [-0.4, -0.2) is 35.1 Å². The summed E-state index contributed by atoms with van der Waals surface area (Å²) >= 11 is 0. The highest BCUT2D eigenvalue weighted by atomic mass is 16.3. The minimum atomic E-state index is -0.380. The molecule has 3 nitrogen and oxygen atoms in total. The number of rotatable bonds is 2. The van der Waals surface area contributed by atoms with Crippen molar-refractivity contribution in [2.45, 2.75) is 19.4 Å². The number of carbonyl (C=O) groups excluding carboxylic acids is 1. The van der Waals surface area contributed by atoms with E-state index in [-0.39, 0.29) is 12.0 Å². The molecule has 1 unspecified atom stereocenters. The number of nitrogens with zero attached hydrogens (tertiary/aromatic N) is 1. The number of β-lactam (4-membered cyclic amide) rings is 1. The molecule has 0 radical (unpaired) electrons. The molecule has 1 saturated heterocycles. The molecular weight excluding hydrogens is 118 g/mol. The molecule has 0 spiro atoms. The van der Waals surface area contributed by atoms with Crippen molar-refractivity contribution in [3.63, 3.8) is 0 Å². The van der Waals surface area contributed by atoms with E-state index in [9.17, 15) is 4.79 Å². The van der Waals surface area contributed by atoms with Gasteiger partial charge in [-0.25, -0.2) is 0 Å². The third-order valence-electron chi connectivity index (χ3n) is 1.43. The summed E-state index contributed by atoms with van der Waals surface area (Å²) in [4.78, 5) is 12.2. The fourth-order valence-corrected chi connectivity index (χ4v) is 0.873. The Kier molecular flexibility index (Phi) is 1.71. The molecule has 1 aliphatic heterocycles. The molecule has 1 N–H and O–H groups in total. The van der Waals surface area contributed by atoms with Gasteiger partial charge in [0.2, 0.25) is 5.91 Å². The van der Waals surface area contributed by atoms with Crippen LogP contribution in [0.2, 0.25) is 0 Å². The van der Waals surface area contributed by atoms with Crippen LogP contribution in [0.4, 0.5) is 0 Å². The van der Waals surface area contributed by atoms with Crippen LogP contribution in [0.25, 0.3) is 0 Å². The summed E-state index contributed by atoms with van der Waals surface area (Å²) in [7, 11) is 0. The van der Waals surface area contributed by atoms with Crippen molar-refractivity contribution in [1.29, 1.82) is 0 Å². The quantitative estimate of drug-likeness (QED) is 0.515. The molecule has 52 valence electrons. The van der Waals surface area contributed by atoms with Crippen LogP contribution in [-0.2, 0) is 4.79 Å². The van der Waals surface area contributed by atoms with Crippen molar-refractivity contribution < 1.29 is 9.90 Å². The zero-order chi connectivity index (χ0) is 6.85. The van der Waals surface area contributed by atoms with Gasteiger partial charge in [0, 0.05) is 19.5 Å². The number of aliphatic hydroxyl groups is 1. The molecular formula is C6H11NO2. The summed E-state index contributed by atoms with van der Waals surface area (Å²) in [5.41, 5.74) is 0. The standard InChI is InChI=1S/C6H11NO2/c1-5(8)4-7-3-2-6(7)9/h5,8H,2-4H2,1H3. The lowest BCUT2D eigenvalue weighted by Crippen LogP contribution is -2.46. The van der Waals surface area contributed by atoms with Crippen molar-refractivity contribution in [1.82, 2.24) is 4.90 Å². The molecule has 1 fully saturated rings. The van der Waals surface area contributed by atoms with E-state index < -0.39 is 0 Å². The van der Waals surface area contributed by atoms with Crippen molar-refractivity contribution in [3.8, 4) is 0 Å². The van der Waals surface area contributed by atoms with E-state index in [1.807, 2.05) is 0 Å². The molecule has 0 bridgehead atoms.